The van der Waals surface area contributed by atoms with Gasteiger partial charge in [-0.2, -0.15) is 18.6 Å². The molecule has 0 radical (unpaired) electrons. The Morgan fingerprint density at radius 1 is 0.467 bits per heavy atom. The van der Waals surface area contributed by atoms with E-state index in [-0.39, 0.29) is 38.0 Å². The molecule has 3 aliphatic rings. The SMILES string of the molecule is C1CCNC1.C1CCOC1.Cc1ccc(S(=O)(=O)OCCOc2ccc3c(c2)c(S(=O)(=O)c2cccc4ccccc24)nn3Cc2ccccc2)cc1.O=S(=O)(c1cccc2ccccc12)c1nn(Cc2ccccc2)c2ccc(OCCN3CCCC3)cc12. The Morgan fingerprint density at radius 2 is 0.933 bits per heavy atom. The molecule has 0 unspecified atom stereocenters. The molecule has 0 atom stereocenters. The fourth-order valence-electron chi connectivity index (χ4n) is 11.2. The lowest BCUT2D eigenvalue weighted by molar-refractivity contribution is 0.198. The summed E-state index contributed by atoms with van der Waals surface area (Å²) in [6.45, 7) is 10.6. The highest BCUT2D eigenvalue weighted by Gasteiger charge is 2.30. The smallest absolute Gasteiger partial charge is 0.297 e. The Balaban J connectivity index is 0.000000161. The van der Waals surface area contributed by atoms with Gasteiger partial charge in [0.15, 0.2) is 10.1 Å². The van der Waals surface area contributed by atoms with E-state index in [9.17, 15) is 25.3 Å². The summed E-state index contributed by atoms with van der Waals surface area (Å²) >= 11 is 0. The van der Waals surface area contributed by atoms with Crippen LogP contribution in [0.1, 0.15) is 55.2 Å². The highest BCUT2D eigenvalue weighted by atomic mass is 32.2. The number of fused-ring (bicyclic) bond motifs is 4. The summed E-state index contributed by atoms with van der Waals surface area (Å²) in [5.41, 5.74) is 4.33. The summed E-state index contributed by atoms with van der Waals surface area (Å²) in [4.78, 5) is 2.89. The van der Waals surface area contributed by atoms with Crippen molar-refractivity contribution in [3.63, 3.8) is 0 Å². The van der Waals surface area contributed by atoms with Crippen molar-refractivity contribution in [3.05, 3.63) is 223 Å². The lowest BCUT2D eigenvalue weighted by Crippen LogP contribution is -2.25. The molecule has 0 saturated carbocycles. The van der Waals surface area contributed by atoms with E-state index in [1.807, 2.05) is 134 Å². The maximum atomic E-state index is 14.2. The molecule has 466 valence electrons. The van der Waals surface area contributed by atoms with Crippen LogP contribution in [0.4, 0.5) is 0 Å². The van der Waals surface area contributed by atoms with E-state index in [0.29, 0.717) is 58.3 Å². The van der Waals surface area contributed by atoms with Gasteiger partial charge in [0, 0.05) is 41.3 Å². The van der Waals surface area contributed by atoms with Crippen LogP contribution in [0.2, 0.25) is 0 Å². The predicted octanol–water partition coefficient (Wildman–Crippen LogP) is 12.9. The van der Waals surface area contributed by atoms with Crippen molar-refractivity contribution in [2.45, 2.75) is 83.3 Å². The highest BCUT2D eigenvalue weighted by molar-refractivity contribution is 7.92. The zero-order valence-corrected chi connectivity index (χ0v) is 52.9. The lowest BCUT2D eigenvalue weighted by atomic mass is 10.1. The number of aryl methyl sites for hydroxylation is 1. The largest absolute Gasteiger partial charge is 0.492 e. The Labute approximate surface area is 526 Å². The van der Waals surface area contributed by atoms with Gasteiger partial charge in [-0.3, -0.25) is 18.4 Å². The van der Waals surface area contributed by atoms with Crippen molar-refractivity contribution >= 4 is 73.1 Å². The van der Waals surface area contributed by atoms with Crippen molar-refractivity contribution in [3.8, 4) is 11.5 Å². The molecule has 0 bridgehead atoms. The van der Waals surface area contributed by atoms with E-state index in [2.05, 4.69) is 20.4 Å². The van der Waals surface area contributed by atoms with Crippen LogP contribution in [0.25, 0.3) is 43.4 Å². The molecule has 0 spiro atoms. The molecule has 19 heteroatoms. The number of rotatable bonds is 18. The van der Waals surface area contributed by atoms with Gasteiger partial charge in [-0.05, 0) is 154 Å². The standard InChI is InChI=1S/C33H28N2O6S2.C30H29N3O3S.C4H9N.C4H8O/c1-24-14-17-28(18-15-24)43(38,39)41-21-20-40-27-16-19-31-30(22-27)33(34-35(31)23-25-8-3-2-4-9-25)42(36,37)32-13-7-11-26-10-5-6-12-29(26)32;34-37(35,29-14-8-12-24-11-4-5-13-26(24)29)30-27-21-25(36-20-19-32-17-6-7-18-32)15-16-28(27)33(31-30)22-23-9-2-1-3-10-23;2*1-2-4-5-3-1/h2-19,22H,20-21,23H2,1H3;1-5,8-16,21H,6-7,17-20,22H2;5H,1-4H2;1-4H2. The maximum Gasteiger partial charge on any atom is 0.297 e. The normalized spacial score (nSPS) is 14.4. The number of hydrogen-bond acceptors (Lipinski definition) is 14. The summed E-state index contributed by atoms with van der Waals surface area (Å²) in [6, 6.07) is 62.1. The molecule has 1 N–H and O–H groups in total. The summed E-state index contributed by atoms with van der Waals surface area (Å²) in [7, 11) is -11.9. The Hall–Kier alpha value is -8.27. The quantitative estimate of drug-likeness (QED) is 0.0630. The van der Waals surface area contributed by atoms with E-state index >= 15 is 0 Å². The fourth-order valence-corrected chi connectivity index (χ4v) is 15.3. The van der Waals surface area contributed by atoms with Gasteiger partial charge in [-0.1, -0.05) is 151 Å². The highest BCUT2D eigenvalue weighted by Crippen LogP contribution is 2.36. The maximum absolute atomic E-state index is 14.2. The summed E-state index contributed by atoms with van der Waals surface area (Å²) in [6.07, 6.45) is 7.81. The van der Waals surface area contributed by atoms with Gasteiger partial charge in [-0.25, -0.2) is 16.8 Å². The molecule has 3 fully saturated rings. The monoisotopic (exact) mass is 1270 g/mol. The molecule has 90 heavy (non-hydrogen) atoms. The zero-order chi connectivity index (χ0) is 62.3. The molecule has 14 rings (SSSR count). The second kappa shape index (κ2) is 29.6. The summed E-state index contributed by atoms with van der Waals surface area (Å²) in [5.74, 6) is 1.01. The van der Waals surface area contributed by atoms with E-state index in [1.165, 1.54) is 63.7 Å². The molecule has 16 nitrogen and oxygen atoms in total. The van der Waals surface area contributed by atoms with Crippen LogP contribution in [-0.2, 0) is 51.8 Å². The van der Waals surface area contributed by atoms with Crippen molar-refractivity contribution in [2.24, 2.45) is 0 Å². The van der Waals surface area contributed by atoms with Gasteiger partial charge in [0.1, 0.15) is 31.3 Å². The number of likely N-dealkylation sites (tertiary alicyclic amines) is 1. The Kier molecular flexibility index (Phi) is 20.8. The van der Waals surface area contributed by atoms with E-state index < -0.39 is 29.8 Å². The van der Waals surface area contributed by atoms with Crippen LogP contribution >= 0.6 is 0 Å². The van der Waals surface area contributed by atoms with Crippen molar-refractivity contribution in [1.29, 1.82) is 0 Å². The number of hydrogen-bond donors (Lipinski definition) is 1. The van der Waals surface area contributed by atoms with Gasteiger partial charge < -0.3 is 19.5 Å². The average Bonchev–Trinajstić information content (AvgIpc) is 1.62. The zero-order valence-electron chi connectivity index (χ0n) is 50.4. The van der Waals surface area contributed by atoms with Gasteiger partial charge in [-0.15, -0.1) is 0 Å². The third-order valence-corrected chi connectivity index (χ3v) is 20.7. The fraction of sp³-hybridized carbons (Fsp3) is 0.268. The molecule has 0 amide bonds. The number of ether oxygens (including phenoxy) is 3. The third-order valence-electron chi connectivity index (χ3n) is 15.9. The van der Waals surface area contributed by atoms with Crippen LogP contribution in [0, 0.1) is 6.92 Å². The second-order valence-electron chi connectivity index (χ2n) is 22.3. The Morgan fingerprint density at radius 3 is 1.40 bits per heavy atom. The molecular formula is C71H74N6O10S3. The molecule has 9 aromatic carbocycles. The van der Waals surface area contributed by atoms with Crippen LogP contribution in [0.3, 0.4) is 0 Å². The average molecular weight is 1270 g/mol. The summed E-state index contributed by atoms with van der Waals surface area (Å²) < 4.78 is 107. The van der Waals surface area contributed by atoms with Crippen molar-refractivity contribution in [1.82, 2.24) is 29.8 Å². The number of aromatic nitrogens is 4. The third kappa shape index (κ3) is 15.5. The summed E-state index contributed by atoms with van der Waals surface area (Å²) in [5, 5.41) is 16.4. The van der Waals surface area contributed by atoms with E-state index in [4.69, 9.17) is 18.4 Å². The van der Waals surface area contributed by atoms with Crippen LogP contribution in [-0.4, -0.2) is 115 Å². The van der Waals surface area contributed by atoms with Gasteiger partial charge in [0.2, 0.25) is 19.7 Å². The number of nitrogens with one attached hydrogen (secondary N) is 1. The minimum absolute atomic E-state index is 0.0553. The molecule has 11 aromatic rings. The number of sulfone groups is 2. The lowest BCUT2D eigenvalue weighted by Gasteiger charge is -2.15. The molecule has 3 aliphatic heterocycles. The first-order valence-corrected chi connectivity index (χ1v) is 35.0. The Bertz CT molecular complexity index is 4520. The van der Waals surface area contributed by atoms with Crippen LogP contribution in [0.15, 0.2) is 231 Å². The van der Waals surface area contributed by atoms with Gasteiger partial charge in [0.25, 0.3) is 10.1 Å². The topological polar surface area (TPSA) is 190 Å². The number of nitrogens with zero attached hydrogens (tertiary/aromatic N) is 5. The van der Waals surface area contributed by atoms with Crippen LogP contribution < -0.4 is 14.8 Å². The van der Waals surface area contributed by atoms with Crippen LogP contribution in [0.5, 0.6) is 11.5 Å². The minimum atomic E-state index is -4.05. The first kappa shape index (κ1) is 63.3. The van der Waals surface area contributed by atoms with E-state index in [1.54, 1.807) is 76.1 Å². The van der Waals surface area contributed by atoms with Gasteiger partial charge >= 0.3 is 0 Å². The molecule has 0 aliphatic carbocycles. The second-order valence-corrected chi connectivity index (χ2v) is 27.6. The van der Waals surface area contributed by atoms with Crippen molar-refractivity contribution < 1.29 is 43.6 Å². The van der Waals surface area contributed by atoms with Crippen molar-refractivity contribution in [2.75, 3.05) is 65.8 Å². The molecule has 3 saturated heterocycles. The minimum Gasteiger partial charge on any atom is -0.492 e. The number of benzene rings is 9. The molecule has 2 aromatic heterocycles. The van der Waals surface area contributed by atoms with Gasteiger partial charge in [0.05, 0.1) is 38.8 Å². The molecule has 5 heterocycles. The van der Waals surface area contributed by atoms with E-state index in [0.717, 1.165) is 65.8 Å². The predicted molar refractivity (Wildman–Crippen MR) is 352 cm³/mol. The molecular weight excluding hydrogens is 1190 g/mol. The first-order valence-electron chi connectivity index (χ1n) is 30.6. The first-order chi connectivity index (χ1) is 43.8.